The molecule has 1 aromatic carbocycles. The number of hydrogen-bond acceptors (Lipinski definition) is 7. The minimum Gasteiger partial charge on any atom is -0.348 e. The maximum atomic E-state index is 13.2. The number of carbonyl (C=O) groups excluding carboxylic acids is 1. The molecule has 1 saturated heterocycles. The van der Waals surface area contributed by atoms with E-state index in [1.54, 1.807) is 18.2 Å². The fourth-order valence-electron chi connectivity index (χ4n) is 3.95. The molecule has 0 bridgehead atoms. The van der Waals surface area contributed by atoms with E-state index in [4.69, 9.17) is 4.52 Å². The average Bonchev–Trinajstić information content (AvgIpc) is 3.27. The summed E-state index contributed by atoms with van der Waals surface area (Å²) < 4.78 is 19.4. The molecule has 1 atom stereocenters. The van der Waals surface area contributed by atoms with Crippen molar-refractivity contribution < 1.29 is 13.7 Å². The maximum Gasteiger partial charge on any atom is 0.316 e. The highest BCUT2D eigenvalue weighted by molar-refractivity contribution is 5.89. The van der Waals surface area contributed by atoms with Gasteiger partial charge in [0.25, 0.3) is 5.56 Å². The van der Waals surface area contributed by atoms with E-state index in [0.29, 0.717) is 17.8 Å². The van der Waals surface area contributed by atoms with Gasteiger partial charge in [-0.25, -0.2) is 9.07 Å². The van der Waals surface area contributed by atoms with Crippen molar-refractivity contribution in [1.29, 1.82) is 0 Å². The van der Waals surface area contributed by atoms with Gasteiger partial charge in [0.05, 0.1) is 5.69 Å². The molecule has 0 unspecified atom stereocenters. The molecule has 3 heterocycles. The second-order valence-electron chi connectivity index (χ2n) is 8.39. The second-order valence-corrected chi connectivity index (χ2v) is 8.39. The predicted molar refractivity (Wildman–Crippen MR) is 119 cm³/mol. The van der Waals surface area contributed by atoms with Crippen molar-refractivity contribution in [3.63, 3.8) is 0 Å². The monoisotopic (exact) mass is 454 g/mol. The van der Waals surface area contributed by atoms with Crippen LogP contribution in [0.3, 0.4) is 0 Å². The first kappa shape index (κ1) is 22.8. The predicted octanol–water partition coefficient (Wildman–Crippen LogP) is 2.33. The third-order valence-corrected chi connectivity index (χ3v) is 5.64. The van der Waals surface area contributed by atoms with Crippen LogP contribution in [-0.4, -0.2) is 56.9 Å². The Morgan fingerprint density at radius 2 is 2.06 bits per heavy atom. The largest absolute Gasteiger partial charge is 0.348 e. The summed E-state index contributed by atoms with van der Waals surface area (Å²) >= 11 is 0. The molecular weight excluding hydrogens is 427 g/mol. The Morgan fingerprint density at radius 1 is 1.24 bits per heavy atom. The summed E-state index contributed by atoms with van der Waals surface area (Å²) in [5, 5.41) is 10.9. The molecule has 0 aliphatic carbocycles. The Bertz CT molecular complexity index is 1140. The van der Waals surface area contributed by atoms with Crippen LogP contribution in [0.25, 0.3) is 11.3 Å². The molecule has 3 aromatic rings. The number of nitrogens with one attached hydrogen (secondary N) is 1. The van der Waals surface area contributed by atoms with Crippen LogP contribution in [0, 0.1) is 11.7 Å². The van der Waals surface area contributed by atoms with Gasteiger partial charge in [-0.1, -0.05) is 12.1 Å². The van der Waals surface area contributed by atoms with E-state index in [0.717, 1.165) is 32.0 Å². The van der Waals surface area contributed by atoms with Crippen LogP contribution in [-0.2, 0) is 6.54 Å². The van der Waals surface area contributed by atoms with Gasteiger partial charge in [-0.15, -0.1) is 0 Å². The van der Waals surface area contributed by atoms with Gasteiger partial charge in [0.1, 0.15) is 12.4 Å². The van der Waals surface area contributed by atoms with Crippen molar-refractivity contribution in [3.05, 3.63) is 64.3 Å². The molecular formula is C23H27FN6O3. The zero-order valence-corrected chi connectivity index (χ0v) is 18.5. The first-order valence-corrected chi connectivity index (χ1v) is 11.1. The molecule has 0 saturated carbocycles. The number of amides is 1. The number of carbonyl (C=O) groups is 1. The molecule has 174 valence electrons. The van der Waals surface area contributed by atoms with E-state index in [2.05, 4.69) is 32.4 Å². The maximum absolute atomic E-state index is 13.2. The Kier molecular flexibility index (Phi) is 7.23. The Balaban J connectivity index is 1.32. The first-order chi connectivity index (χ1) is 16.0. The molecule has 1 aliphatic heterocycles. The molecule has 9 nitrogen and oxygen atoms in total. The lowest BCUT2D eigenvalue weighted by atomic mass is 10.0. The summed E-state index contributed by atoms with van der Waals surface area (Å²) in [6, 6.07) is 8.73. The van der Waals surface area contributed by atoms with Gasteiger partial charge in [0.15, 0.2) is 5.82 Å². The van der Waals surface area contributed by atoms with E-state index in [1.807, 2.05) is 0 Å². The minimum absolute atomic E-state index is 0.0577. The smallest absolute Gasteiger partial charge is 0.316 e. The molecule has 2 aromatic heterocycles. The number of halogens is 1. The highest BCUT2D eigenvalue weighted by Crippen LogP contribution is 2.16. The van der Waals surface area contributed by atoms with Gasteiger partial charge in [-0.3, -0.25) is 9.59 Å². The van der Waals surface area contributed by atoms with Crippen LogP contribution < -0.4 is 10.9 Å². The lowest BCUT2D eigenvalue weighted by Crippen LogP contribution is -2.36. The Hall–Kier alpha value is -3.40. The molecule has 1 N–H and O–H groups in total. The van der Waals surface area contributed by atoms with Crippen molar-refractivity contribution in [2.75, 3.05) is 26.2 Å². The lowest BCUT2D eigenvalue weighted by Gasteiger charge is -2.30. The number of benzene rings is 1. The topological polar surface area (TPSA) is 106 Å². The molecule has 4 rings (SSSR count). The third kappa shape index (κ3) is 6.10. The van der Waals surface area contributed by atoms with Gasteiger partial charge in [0, 0.05) is 24.7 Å². The van der Waals surface area contributed by atoms with Crippen molar-refractivity contribution in [1.82, 2.24) is 30.1 Å². The highest BCUT2D eigenvalue weighted by Gasteiger charge is 2.18. The van der Waals surface area contributed by atoms with Gasteiger partial charge < -0.3 is 14.7 Å². The van der Waals surface area contributed by atoms with E-state index in [9.17, 15) is 14.0 Å². The van der Waals surface area contributed by atoms with Crippen LogP contribution in [0.1, 0.15) is 42.7 Å². The standard InChI is InChI=1S/C23H27FN6O3/c1-16-4-2-12-29(14-16)13-3-11-25-22(32)23-26-20(28-33-23)15-30-21(31)10-9-19(27-30)17-5-7-18(24)8-6-17/h5-10,16H,2-4,11-15H2,1H3,(H,25,32)/t16-/m1/s1. The summed E-state index contributed by atoms with van der Waals surface area (Å²) in [6.07, 6.45) is 3.35. The van der Waals surface area contributed by atoms with E-state index in [-0.39, 0.29) is 29.6 Å². The molecule has 1 amide bonds. The molecule has 0 spiro atoms. The van der Waals surface area contributed by atoms with Crippen LogP contribution in [0.4, 0.5) is 4.39 Å². The number of aromatic nitrogens is 4. The SMILES string of the molecule is C[C@@H]1CCCN(CCCNC(=O)c2nc(Cn3nc(-c4ccc(F)cc4)ccc3=O)no2)C1. The quantitative estimate of drug-likeness (QED) is 0.521. The summed E-state index contributed by atoms with van der Waals surface area (Å²) in [6.45, 7) is 5.89. The fourth-order valence-corrected chi connectivity index (χ4v) is 3.95. The molecule has 10 heteroatoms. The lowest BCUT2D eigenvalue weighted by molar-refractivity contribution is 0.0906. The second kappa shape index (κ2) is 10.5. The van der Waals surface area contributed by atoms with Crippen LogP contribution in [0.15, 0.2) is 45.7 Å². The summed E-state index contributed by atoms with van der Waals surface area (Å²) in [4.78, 5) is 31.0. The van der Waals surface area contributed by atoms with Gasteiger partial charge >= 0.3 is 11.8 Å². The zero-order valence-electron chi connectivity index (χ0n) is 18.5. The Labute approximate surface area is 190 Å². The zero-order chi connectivity index (χ0) is 23.2. The van der Waals surface area contributed by atoms with Gasteiger partial charge in [0.2, 0.25) is 0 Å². The van der Waals surface area contributed by atoms with E-state index >= 15 is 0 Å². The number of rotatable bonds is 8. The van der Waals surface area contributed by atoms with Gasteiger partial charge in [-0.2, -0.15) is 10.1 Å². The highest BCUT2D eigenvalue weighted by atomic mass is 19.1. The van der Waals surface area contributed by atoms with E-state index in [1.165, 1.54) is 35.7 Å². The normalized spacial score (nSPS) is 16.6. The van der Waals surface area contributed by atoms with Crippen LogP contribution >= 0.6 is 0 Å². The van der Waals surface area contributed by atoms with Crippen molar-refractivity contribution in [2.24, 2.45) is 5.92 Å². The number of piperidine rings is 1. The Morgan fingerprint density at radius 3 is 2.85 bits per heavy atom. The summed E-state index contributed by atoms with van der Waals surface area (Å²) in [5.74, 6) is -0.0666. The van der Waals surface area contributed by atoms with Crippen LogP contribution in [0.2, 0.25) is 0 Å². The number of nitrogens with zero attached hydrogens (tertiary/aromatic N) is 5. The average molecular weight is 455 g/mol. The molecule has 1 aliphatic rings. The van der Waals surface area contributed by atoms with Crippen molar-refractivity contribution >= 4 is 5.91 Å². The number of hydrogen-bond donors (Lipinski definition) is 1. The number of likely N-dealkylation sites (tertiary alicyclic amines) is 1. The summed E-state index contributed by atoms with van der Waals surface area (Å²) in [5.41, 5.74) is 0.806. The summed E-state index contributed by atoms with van der Waals surface area (Å²) in [7, 11) is 0. The van der Waals surface area contributed by atoms with Crippen molar-refractivity contribution in [3.8, 4) is 11.3 Å². The first-order valence-electron chi connectivity index (χ1n) is 11.1. The minimum atomic E-state index is -0.443. The molecule has 1 fully saturated rings. The van der Waals surface area contributed by atoms with Crippen molar-refractivity contribution in [2.45, 2.75) is 32.7 Å². The molecule has 0 radical (unpaired) electrons. The fraction of sp³-hybridized carbons (Fsp3) is 0.435. The van der Waals surface area contributed by atoms with Crippen LogP contribution in [0.5, 0.6) is 0 Å². The molecule has 33 heavy (non-hydrogen) atoms. The van der Waals surface area contributed by atoms with Gasteiger partial charge in [-0.05, 0) is 68.6 Å². The third-order valence-electron chi connectivity index (χ3n) is 5.64. The van der Waals surface area contributed by atoms with E-state index < -0.39 is 5.91 Å².